The molecule has 0 saturated heterocycles. The maximum Gasteiger partial charge on any atom is 0.0802 e. The molecule has 0 bridgehead atoms. The van der Waals surface area contributed by atoms with Crippen LogP contribution in [0.25, 0.3) is 0 Å². The molecule has 0 spiro atoms. The van der Waals surface area contributed by atoms with Crippen LogP contribution >= 0.6 is 11.6 Å². The molecule has 0 amide bonds. The van der Waals surface area contributed by atoms with Crippen molar-refractivity contribution in [3.05, 3.63) is 11.6 Å². The second kappa shape index (κ2) is 4.26. The van der Waals surface area contributed by atoms with Crippen molar-refractivity contribution in [2.45, 2.75) is 24.9 Å². The average molecular weight is 190 g/mol. The van der Waals surface area contributed by atoms with Gasteiger partial charge in [-0.2, -0.15) is 0 Å². The lowest BCUT2D eigenvalue weighted by Gasteiger charge is -2.40. The van der Waals surface area contributed by atoms with Crippen LogP contribution in [0.3, 0.4) is 0 Å². The summed E-state index contributed by atoms with van der Waals surface area (Å²) in [6.07, 6.45) is 3.59. The van der Waals surface area contributed by atoms with E-state index in [9.17, 15) is 0 Å². The van der Waals surface area contributed by atoms with E-state index in [2.05, 4.69) is 11.9 Å². The van der Waals surface area contributed by atoms with Crippen molar-refractivity contribution in [1.82, 2.24) is 5.32 Å². The number of nitrogens with one attached hydrogen (secondary N) is 1. The molecule has 2 nitrogen and oxygen atoms in total. The Morgan fingerprint density at radius 1 is 1.67 bits per heavy atom. The highest BCUT2D eigenvalue weighted by Crippen LogP contribution is 2.34. The zero-order valence-corrected chi connectivity index (χ0v) is 8.28. The van der Waals surface area contributed by atoms with Gasteiger partial charge in [-0.25, -0.2) is 0 Å². The first-order valence-electron chi connectivity index (χ1n) is 4.28. The van der Waals surface area contributed by atoms with Crippen molar-refractivity contribution in [3.8, 4) is 0 Å². The second-order valence-corrected chi connectivity index (χ2v) is 3.90. The lowest BCUT2D eigenvalue weighted by molar-refractivity contribution is -0.0688. The first-order chi connectivity index (χ1) is 5.68. The van der Waals surface area contributed by atoms with E-state index in [-0.39, 0.29) is 5.60 Å². The Kier molecular flexibility index (Phi) is 3.56. The molecule has 0 aromatic rings. The van der Waals surface area contributed by atoms with Crippen LogP contribution < -0.4 is 5.32 Å². The van der Waals surface area contributed by atoms with Gasteiger partial charge in [0.2, 0.25) is 0 Å². The number of ether oxygens (including phenoxy) is 1. The Labute approximate surface area is 78.9 Å². The third-order valence-electron chi connectivity index (χ3n) is 2.46. The normalized spacial score (nSPS) is 20.2. The predicted molar refractivity (Wildman–Crippen MR) is 51.5 cm³/mol. The van der Waals surface area contributed by atoms with E-state index in [1.54, 1.807) is 7.11 Å². The van der Waals surface area contributed by atoms with Crippen LogP contribution in [0.5, 0.6) is 0 Å². The van der Waals surface area contributed by atoms with Crippen molar-refractivity contribution in [1.29, 1.82) is 0 Å². The van der Waals surface area contributed by atoms with E-state index in [0.29, 0.717) is 11.6 Å². The molecule has 1 aliphatic carbocycles. The minimum atomic E-state index is 0.0896. The molecule has 12 heavy (non-hydrogen) atoms. The zero-order valence-electron chi connectivity index (χ0n) is 7.53. The number of methoxy groups -OCH3 is 1. The van der Waals surface area contributed by atoms with E-state index in [1.807, 2.05) is 0 Å². The van der Waals surface area contributed by atoms with Crippen LogP contribution in [0, 0.1) is 0 Å². The summed E-state index contributed by atoms with van der Waals surface area (Å²) >= 11 is 5.61. The molecular weight excluding hydrogens is 174 g/mol. The fraction of sp³-hybridized carbons (Fsp3) is 0.778. The summed E-state index contributed by atoms with van der Waals surface area (Å²) in [5, 5.41) is 3.88. The van der Waals surface area contributed by atoms with E-state index < -0.39 is 0 Å². The molecule has 0 radical (unpaired) electrons. The summed E-state index contributed by atoms with van der Waals surface area (Å²) in [4.78, 5) is 0. The lowest BCUT2D eigenvalue weighted by Crippen LogP contribution is -2.48. The molecule has 0 atom stereocenters. The Balaban J connectivity index is 2.16. The van der Waals surface area contributed by atoms with Crippen LogP contribution in [-0.4, -0.2) is 25.8 Å². The maximum absolute atomic E-state index is 5.61. The number of halogens is 1. The van der Waals surface area contributed by atoms with E-state index in [1.165, 1.54) is 6.42 Å². The van der Waals surface area contributed by atoms with Gasteiger partial charge in [0.25, 0.3) is 0 Å². The third-order valence-corrected chi connectivity index (χ3v) is 2.60. The minimum Gasteiger partial charge on any atom is -0.377 e. The highest BCUT2D eigenvalue weighted by molar-refractivity contribution is 6.29. The van der Waals surface area contributed by atoms with Crippen molar-refractivity contribution in [2.75, 3.05) is 20.2 Å². The van der Waals surface area contributed by atoms with E-state index in [4.69, 9.17) is 16.3 Å². The molecule has 1 saturated carbocycles. The van der Waals surface area contributed by atoms with Crippen LogP contribution in [-0.2, 0) is 4.74 Å². The summed E-state index contributed by atoms with van der Waals surface area (Å²) in [6, 6.07) is 0. The monoisotopic (exact) mass is 189 g/mol. The van der Waals surface area contributed by atoms with Crippen LogP contribution in [0.15, 0.2) is 11.6 Å². The average Bonchev–Trinajstić information content (AvgIpc) is 1.94. The number of hydrogen-bond donors (Lipinski definition) is 1. The summed E-state index contributed by atoms with van der Waals surface area (Å²) in [7, 11) is 1.77. The van der Waals surface area contributed by atoms with Crippen LogP contribution in [0.1, 0.15) is 19.3 Å². The first-order valence-corrected chi connectivity index (χ1v) is 4.65. The molecule has 1 rings (SSSR count). The van der Waals surface area contributed by atoms with Crippen molar-refractivity contribution < 1.29 is 4.74 Å². The van der Waals surface area contributed by atoms with Gasteiger partial charge >= 0.3 is 0 Å². The lowest BCUT2D eigenvalue weighted by atomic mass is 9.80. The molecule has 0 heterocycles. The van der Waals surface area contributed by atoms with Gasteiger partial charge in [-0.15, -0.1) is 0 Å². The third kappa shape index (κ3) is 2.47. The number of hydrogen-bond acceptors (Lipinski definition) is 2. The summed E-state index contributed by atoms with van der Waals surface area (Å²) in [5.74, 6) is 0. The molecule has 0 aromatic heterocycles. The molecule has 70 valence electrons. The second-order valence-electron chi connectivity index (χ2n) is 3.36. The Bertz CT molecular complexity index is 160. The van der Waals surface area contributed by atoms with E-state index >= 15 is 0 Å². The standard InChI is InChI=1S/C9H16ClNO/c1-8(10)6-11-7-9(12-2)4-3-5-9/h11H,1,3-7H2,2H3. The Morgan fingerprint density at radius 3 is 2.67 bits per heavy atom. The first kappa shape index (κ1) is 10.0. The molecule has 0 unspecified atom stereocenters. The molecule has 1 fully saturated rings. The van der Waals surface area contributed by atoms with Crippen molar-refractivity contribution >= 4 is 11.6 Å². The van der Waals surface area contributed by atoms with E-state index in [0.717, 1.165) is 19.4 Å². The highest BCUT2D eigenvalue weighted by atomic mass is 35.5. The molecule has 3 heteroatoms. The molecule has 0 aromatic carbocycles. The topological polar surface area (TPSA) is 21.3 Å². The summed E-state index contributed by atoms with van der Waals surface area (Å²) in [5.41, 5.74) is 0.0896. The van der Waals surface area contributed by atoms with Gasteiger partial charge in [0.15, 0.2) is 0 Å². The molecular formula is C9H16ClNO. The van der Waals surface area contributed by atoms with Gasteiger partial charge in [-0.3, -0.25) is 0 Å². The number of rotatable bonds is 5. The minimum absolute atomic E-state index is 0.0896. The van der Waals surface area contributed by atoms with Gasteiger partial charge in [0.1, 0.15) is 0 Å². The highest BCUT2D eigenvalue weighted by Gasteiger charge is 2.36. The van der Waals surface area contributed by atoms with Gasteiger partial charge in [0.05, 0.1) is 5.60 Å². The quantitative estimate of drug-likeness (QED) is 0.714. The van der Waals surface area contributed by atoms with Crippen LogP contribution in [0.4, 0.5) is 0 Å². The molecule has 1 N–H and O–H groups in total. The zero-order chi connectivity index (χ0) is 9.03. The molecule has 0 aliphatic heterocycles. The van der Waals surface area contributed by atoms with Gasteiger partial charge in [-0.1, -0.05) is 18.2 Å². The SMILES string of the molecule is C=C(Cl)CNCC1(OC)CCC1. The largest absolute Gasteiger partial charge is 0.377 e. The summed E-state index contributed by atoms with van der Waals surface area (Å²) in [6.45, 7) is 5.16. The maximum atomic E-state index is 5.61. The van der Waals surface area contributed by atoms with Crippen molar-refractivity contribution in [2.24, 2.45) is 0 Å². The fourth-order valence-corrected chi connectivity index (χ4v) is 1.54. The molecule has 1 aliphatic rings. The smallest absolute Gasteiger partial charge is 0.0802 e. The Morgan fingerprint density at radius 2 is 2.33 bits per heavy atom. The fourth-order valence-electron chi connectivity index (χ4n) is 1.45. The summed E-state index contributed by atoms with van der Waals surface area (Å²) < 4.78 is 5.42. The Hall–Kier alpha value is -0.0500. The van der Waals surface area contributed by atoms with Crippen molar-refractivity contribution in [3.63, 3.8) is 0 Å². The van der Waals surface area contributed by atoms with Gasteiger partial charge in [0, 0.05) is 25.2 Å². The predicted octanol–water partition coefficient (Wildman–Crippen LogP) is 1.90. The van der Waals surface area contributed by atoms with Gasteiger partial charge < -0.3 is 10.1 Å². The van der Waals surface area contributed by atoms with Gasteiger partial charge in [-0.05, 0) is 19.3 Å². The van der Waals surface area contributed by atoms with Crippen LogP contribution in [0.2, 0.25) is 0 Å².